The van der Waals surface area contributed by atoms with Crippen molar-refractivity contribution < 1.29 is 9.90 Å². The van der Waals surface area contributed by atoms with E-state index in [-0.39, 0.29) is 0 Å². The maximum Gasteiger partial charge on any atom is 0.324 e. The lowest BCUT2D eigenvalue weighted by Gasteiger charge is -2.13. The van der Waals surface area contributed by atoms with Crippen molar-refractivity contribution in [1.29, 1.82) is 0 Å². The number of rotatable bonds is 7. The van der Waals surface area contributed by atoms with Crippen LogP contribution in [0.2, 0.25) is 0 Å². The molecule has 0 rings (SSSR count). The second-order valence-electron chi connectivity index (χ2n) is 2.88. The molecule has 0 saturated carbocycles. The molecule has 1 unspecified atom stereocenters. The van der Waals surface area contributed by atoms with E-state index >= 15 is 0 Å². The van der Waals surface area contributed by atoms with Crippen LogP contribution in [0.3, 0.4) is 0 Å². The van der Waals surface area contributed by atoms with Crippen LogP contribution in [-0.4, -0.2) is 30.2 Å². The minimum absolute atomic E-state index is 0.367. The molecule has 0 saturated heterocycles. The molecule has 0 aliphatic heterocycles. The van der Waals surface area contributed by atoms with E-state index in [1.807, 2.05) is 0 Å². The first kappa shape index (κ1) is 12.5. The first-order valence-electron chi connectivity index (χ1n) is 4.22. The molecule has 1 atom stereocenters. The lowest BCUT2D eigenvalue weighted by molar-refractivity contribution is -0.138. The Kier molecular flexibility index (Phi) is 6.19. The number of hydrogen-bond donors (Lipinski definition) is 2. The van der Waals surface area contributed by atoms with Gasteiger partial charge in [0.15, 0.2) is 0 Å². The fourth-order valence-electron chi connectivity index (χ4n) is 0.913. The van der Waals surface area contributed by atoms with Crippen LogP contribution in [0.5, 0.6) is 0 Å². The first-order valence-corrected chi connectivity index (χ1v) is 4.22. The van der Waals surface area contributed by atoms with Crippen LogP contribution in [0.25, 0.3) is 10.4 Å². The molecule has 0 radical (unpaired) electrons. The van der Waals surface area contributed by atoms with Crippen molar-refractivity contribution in [3.05, 3.63) is 22.6 Å². The lowest BCUT2D eigenvalue weighted by atomic mass is 10.1. The van der Waals surface area contributed by atoms with E-state index in [0.717, 1.165) is 0 Å². The Morgan fingerprint density at radius 3 is 2.86 bits per heavy atom. The fraction of sp³-hybridized carbons (Fsp3) is 0.625. The van der Waals surface area contributed by atoms with Gasteiger partial charge in [0, 0.05) is 11.5 Å². The summed E-state index contributed by atoms with van der Waals surface area (Å²) in [6, 6.07) is -0.721. The van der Waals surface area contributed by atoms with E-state index in [1.165, 1.54) is 0 Å². The zero-order chi connectivity index (χ0) is 11.0. The molecule has 0 amide bonds. The summed E-state index contributed by atoms with van der Waals surface area (Å²) >= 11 is 0. The molecule has 0 fully saturated rings. The number of carboxylic acid groups (broad SMARTS) is 1. The van der Waals surface area contributed by atoms with Crippen molar-refractivity contribution in [2.24, 2.45) is 5.11 Å². The molecule has 0 aliphatic rings. The third-order valence-electron chi connectivity index (χ3n) is 1.59. The fourth-order valence-corrected chi connectivity index (χ4v) is 0.913. The third kappa shape index (κ3) is 5.18. The molecule has 14 heavy (non-hydrogen) atoms. The smallest absolute Gasteiger partial charge is 0.324 e. The summed E-state index contributed by atoms with van der Waals surface area (Å²) < 4.78 is 0. The van der Waals surface area contributed by atoms with Crippen LogP contribution in [0.1, 0.15) is 13.3 Å². The van der Waals surface area contributed by atoms with Crippen LogP contribution >= 0.6 is 0 Å². The number of carboxylic acids is 1. The number of azide groups is 1. The van der Waals surface area contributed by atoms with Crippen molar-refractivity contribution in [3.63, 3.8) is 0 Å². The minimum atomic E-state index is -0.943. The van der Waals surface area contributed by atoms with Crippen molar-refractivity contribution in [2.75, 3.05) is 13.1 Å². The highest BCUT2D eigenvalue weighted by Gasteiger charge is 2.16. The van der Waals surface area contributed by atoms with E-state index in [0.29, 0.717) is 25.1 Å². The predicted octanol–water partition coefficient (Wildman–Crippen LogP) is 1.31. The van der Waals surface area contributed by atoms with Gasteiger partial charge in [0.2, 0.25) is 0 Å². The lowest BCUT2D eigenvalue weighted by Crippen LogP contribution is -2.38. The Morgan fingerprint density at radius 1 is 1.79 bits per heavy atom. The monoisotopic (exact) mass is 198 g/mol. The second-order valence-corrected chi connectivity index (χ2v) is 2.88. The minimum Gasteiger partial charge on any atom is -0.480 e. The van der Waals surface area contributed by atoms with Gasteiger partial charge >= 0.3 is 5.97 Å². The van der Waals surface area contributed by atoms with Crippen molar-refractivity contribution >= 4 is 5.97 Å². The van der Waals surface area contributed by atoms with E-state index in [4.69, 9.17) is 10.6 Å². The van der Waals surface area contributed by atoms with Gasteiger partial charge < -0.3 is 10.4 Å². The molecule has 0 aliphatic carbocycles. The Balaban J connectivity index is 3.78. The third-order valence-corrected chi connectivity index (χ3v) is 1.59. The van der Waals surface area contributed by atoms with Gasteiger partial charge in [-0.05, 0) is 25.4 Å². The van der Waals surface area contributed by atoms with Gasteiger partial charge in [-0.25, -0.2) is 0 Å². The Morgan fingerprint density at radius 2 is 2.43 bits per heavy atom. The van der Waals surface area contributed by atoms with Crippen molar-refractivity contribution in [3.8, 4) is 0 Å². The number of nitrogens with one attached hydrogen (secondary N) is 1. The molecule has 0 aromatic rings. The van der Waals surface area contributed by atoms with E-state index < -0.39 is 12.0 Å². The Bertz CT molecular complexity index is 244. The average molecular weight is 198 g/mol. The number of hydrogen-bond acceptors (Lipinski definition) is 3. The molecule has 0 bridgehead atoms. The molecule has 2 N–H and O–H groups in total. The van der Waals surface area contributed by atoms with Crippen LogP contribution in [-0.2, 0) is 4.79 Å². The summed E-state index contributed by atoms with van der Waals surface area (Å²) in [5, 5.41) is 14.9. The predicted molar refractivity (Wildman–Crippen MR) is 52.9 cm³/mol. The molecule has 0 aromatic carbocycles. The molecule has 0 spiro atoms. The summed E-state index contributed by atoms with van der Waals surface area (Å²) in [5.41, 5.74) is 8.54. The van der Waals surface area contributed by atoms with Gasteiger partial charge in [0.25, 0.3) is 0 Å². The molecule has 0 aromatic heterocycles. The standard InChI is InChI=1S/C8H14N4O2/c1-6(2)7(8(13)14)10-4-3-5-11-12-9/h7,10H,1,3-5H2,2H3,(H,13,14). The number of carbonyl (C=O) groups is 1. The van der Waals surface area contributed by atoms with Gasteiger partial charge in [0.05, 0.1) is 0 Å². The largest absolute Gasteiger partial charge is 0.480 e. The number of nitrogens with zero attached hydrogens (tertiary/aromatic N) is 3. The summed E-state index contributed by atoms with van der Waals surface area (Å²) in [6.45, 7) is 6.07. The summed E-state index contributed by atoms with van der Waals surface area (Å²) in [6.07, 6.45) is 0.612. The van der Waals surface area contributed by atoms with Crippen LogP contribution in [0.4, 0.5) is 0 Å². The summed E-state index contributed by atoms with van der Waals surface area (Å²) in [4.78, 5) is 13.2. The molecular formula is C8H14N4O2. The normalized spacial score (nSPS) is 11.5. The SMILES string of the molecule is C=C(C)C(NCCCN=[N+]=[N-])C(=O)O. The molecule has 0 heterocycles. The van der Waals surface area contributed by atoms with E-state index in [1.54, 1.807) is 6.92 Å². The zero-order valence-electron chi connectivity index (χ0n) is 8.10. The van der Waals surface area contributed by atoms with Crippen molar-refractivity contribution in [2.45, 2.75) is 19.4 Å². The highest BCUT2D eigenvalue weighted by Crippen LogP contribution is 1.97. The van der Waals surface area contributed by atoms with Crippen LogP contribution in [0.15, 0.2) is 17.3 Å². The summed E-state index contributed by atoms with van der Waals surface area (Å²) in [5.74, 6) is -0.943. The van der Waals surface area contributed by atoms with Gasteiger partial charge in [-0.15, -0.1) is 0 Å². The molecule has 6 heteroatoms. The van der Waals surface area contributed by atoms with Gasteiger partial charge in [-0.2, -0.15) is 0 Å². The van der Waals surface area contributed by atoms with Gasteiger partial charge in [-0.3, -0.25) is 4.79 Å². The first-order chi connectivity index (χ1) is 6.59. The Hall–Kier alpha value is -1.52. The number of aliphatic carboxylic acids is 1. The van der Waals surface area contributed by atoms with Crippen molar-refractivity contribution in [1.82, 2.24) is 5.32 Å². The quantitative estimate of drug-likeness (QED) is 0.212. The zero-order valence-corrected chi connectivity index (χ0v) is 8.10. The molecule has 78 valence electrons. The highest BCUT2D eigenvalue weighted by atomic mass is 16.4. The van der Waals surface area contributed by atoms with Gasteiger partial charge in [-0.1, -0.05) is 17.3 Å². The van der Waals surface area contributed by atoms with Crippen LogP contribution < -0.4 is 5.32 Å². The topological polar surface area (TPSA) is 98.1 Å². The van der Waals surface area contributed by atoms with Gasteiger partial charge in [0.1, 0.15) is 6.04 Å². The highest BCUT2D eigenvalue weighted by molar-refractivity contribution is 5.77. The average Bonchev–Trinajstić information content (AvgIpc) is 2.09. The van der Waals surface area contributed by atoms with E-state index in [9.17, 15) is 4.79 Å². The maximum atomic E-state index is 10.7. The van der Waals surface area contributed by atoms with Crippen LogP contribution in [0, 0.1) is 0 Å². The molecule has 6 nitrogen and oxygen atoms in total. The Labute approximate surface area is 82.2 Å². The second kappa shape index (κ2) is 6.94. The summed E-state index contributed by atoms with van der Waals surface area (Å²) in [7, 11) is 0. The maximum absolute atomic E-state index is 10.7. The van der Waals surface area contributed by atoms with E-state index in [2.05, 4.69) is 21.9 Å². The molecular weight excluding hydrogens is 184 g/mol.